The number of benzene rings is 1. The second-order valence-corrected chi connectivity index (χ2v) is 5.22. The largest absolute Gasteiger partial charge is 0.433 e. The molecule has 98 valence electrons. The zero-order valence-corrected chi connectivity index (χ0v) is 10.9. The topological polar surface area (TPSA) is 46.5 Å². The Morgan fingerprint density at radius 2 is 2.06 bits per heavy atom. The van der Waals surface area contributed by atoms with Gasteiger partial charge in [0.1, 0.15) is 0 Å². The highest BCUT2D eigenvalue weighted by Gasteiger charge is 2.33. The lowest BCUT2D eigenvalue weighted by molar-refractivity contribution is -0.219. The summed E-state index contributed by atoms with van der Waals surface area (Å²) in [6.45, 7) is 0. The van der Waals surface area contributed by atoms with E-state index in [4.69, 9.17) is 16.3 Å². The molecule has 0 amide bonds. The van der Waals surface area contributed by atoms with Gasteiger partial charge in [-0.1, -0.05) is 30.2 Å². The zero-order valence-electron chi connectivity index (χ0n) is 10.2. The number of aliphatic hydroxyl groups is 1. The summed E-state index contributed by atoms with van der Waals surface area (Å²) in [5, 5.41) is 10.7. The summed E-state index contributed by atoms with van der Waals surface area (Å²) in [5.74, 6) is -1.66. The smallest absolute Gasteiger partial charge is 0.312 e. The van der Waals surface area contributed by atoms with Crippen LogP contribution in [0.25, 0.3) is 0 Å². The van der Waals surface area contributed by atoms with Crippen LogP contribution >= 0.6 is 11.6 Å². The van der Waals surface area contributed by atoms with E-state index in [0.717, 1.165) is 24.8 Å². The number of hydrogen-bond acceptors (Lipinski definition) is 3. The van der Waals surface area contributed by atoms with Crippen LogP contribution in [0.4, 0.5) is 0 Å². The number of rotatable bonds is 3. The summed E-state index contributed by atoms with van der Waals surface area (Å²) >= 11 is 5.85. The molecule has 0 radical (unpaired) electrons. The molecule has 0 saturated heterocycles. The van der Waals surface area contributed by atoms with Crippen molar-refractivity contribution < 1.29 is 14.6 Å². The molecule has 2 rings (SSSR count). The molecule has 1 aromatic carbocycles. The van der Waals surface area contributed by atoms with Crippen molar-refractivity contribution in [2.24, 2.45) is 0 Å². The lowest BCUT2D eigenvalue weighted by Gasteiger charge is -2.31. The summed E-state index contributed by atoms with van der Waals surface area (Å²) in [4.78, 5) is 11.8. The Kier molecular flexibility index (Phi) is 4.25. The Labute approximate surface area is 112 Å². The van der Waals surface area contributed by atoms with Gasteiger partial charge in [0.05, 0.1) is 6.42 Å². The zero-order chi connectivity index (χ0) is 13.0. The second kappa shape index (κ2) is 5.72. The first-order valence-electron chi connectivity index (χ1n) is 6.26. The summed E-state index contributed by atoms with van der Waals surface area (Å²) < 4.78 is 5.20. The lowest BCUT2D eigenvalue weighted by atomic mass is 9.94. The molecule has 0 spiro atoms. The average Bonchev–Trinajstić information content (AvgIpc) is 2.28. The monoisotopic (exact) mass is 268 g/mol. The number of hydrogen-bond donors (Lipinski definition) is 1. The van der Waals surface area contributed by atoms with Crippen molar-refractivity contribution in [1.82, 2.24) is 0 Å². The van der Waals surface area contributed by atoms with Crippen molar-refractivity contribution in [2.45, 2.75) is 44.3 Å². The highest BCUT2D eigenvalue weighted by Crippen LogP contribution is 2.29. The third kappa shape index (κ3) is 3.72. The quantitative estimate of drug-likeness (QED) is 0.677. The van der Waals surface area contributed by atoms with Crippen molar-refractivity contribution >= 4 is 17.6 Å². The molecule has 4 heteroatoms. The fraction of sp³-hybridized carbons (Fsp3) is 0.500. The van der Waals surface area contributed by atoms with Crippen LogP contribution in [-0.2, 0) is 16.0 Å². The van der Waals surface area contributed by atoms with Crippen molar-refractivity contribution in [3.63, 3.8) is 0 Å². The van der Waals surface area contributed by atoms with E-state index in [2.05, 4.69) is 0 Å². The maximum absolute atomic E-state index is 11.8. The summed E-state index contributed by atoms with van der Waals surface area (Å²) in [6.07, 6.45) is 4.11. The highest BCUT2D eigenvalue weighted by molar-refractivity contribution is 6.30. The minimum absolute atomic E-state index is 0.142. The van der Waals surface area contributed by atoms with Crippen LogP contribution < -0.4 is 0 Å². The van der Waals surface area contributed by atoms with Gasteiger partial charge in [0.25, 0.3) is 0 Å². The minimum Gasteiger partial charge on any atom is -0.433 e. The minimum atomic E-state index is -1.26. The first kappa shape index (κ1) is 13.4. The molecule has 0 atom stereocenters. The molecule has 1 saturated carbocycles. The number of ether oxygens (including phenoxy) is 1. The molecular weight excluding hydrogens is 252 g/mol. The summed E-state index contributed by atoms with van der Waals surface area (Å²) in [7, 11) is 0. The molecule has 0 unspecified atom stereocenters. The van der Waals surface area contributed by atoms with Gasteiger partial charge in [-0.2, -0.15) is 0 Å². The maximum Gasteiger partial charge on any atom is 0.312 e. The van der Waals surface area contributed by atoms with Gasteiger partial charge in [0.2, 0.25) is 5.79 Å². The summed E-state index contributed by atoms with van der Waals surface area (Å²) in [6, 6.07) is 7.09. The molecular formula is C14H17ClO3. The van der Waals surface area contributed by atoms with E-state index in [9.17, 15) is 9.90 Å². The molecule has 0 aromatic heterocycles. The van der Waals surface area contributed by atoms with Gasteiger partial charge in [-0.25, -0.2) is 0 Å². The van der Waals surface area contributed by atoms with E-state index in [-0.39, 0.29) is 6.42 Å². The molecule has 18 heavy (non-hydrogen) atoms. The van der Waals surface area contributed by atoms with E-state index in [1.807, 2.05) is 6.07 Å². The number of carbonyl (C=O) groups is 1. The van der Waals surface area contributed by atoms with Crippen LogP contribution in [0.2, 0.25) is 5.02 Å². The highest BCUT2D eigenvalue weighted by atomic mass is 35.5. The van der Waals surface area contributed by atoms with Gasteiger partial charge in [0.15, 0.2) is 0 Å². The van der Waals surface area contributed by atoms with Crippen molar-refractivity contribution in [3.05, 3.63) is 34.9 Å². The maximum atomic E-state index is 11.8. The third-order valence-corrected chi connectivity index (χ3v) is 3.41. The number of halogens is 1. The van der Waals surface area contributed by atoms with E-state index in [1.165, 1.54) is 0 Å². The second-order valence-electron chi connectivity index (χ2n) is 4.79. The van der Waals surface area contributed by atoms with Crippen molar-refractivity contribution in [3.8, 4) is 0 Å². The van der Waals surface area contributed by atoms with E-state index in [1.54, 1.807) is 18.2 Å². The standard InChI is InChI=1S/C14H17ClO3/c15-12-6-4-5-11(9-12)10-13(16)18-14(17)7-2-1-3-8-14/h4-6,9,17H,1-3,7-8,10H2. The Morgan fingerprint density at radius 3 is 2.72 bits per heavy atom. The van der Waals surface area contributed by atoms with Crippen molar-refractivity contribution in [2.75, 3.05) is 0 Å². The third-order valence-electron chi connectivity index (χ3n) is 3.18. The van der Waals surface area contributed by atoms with E-state index < -0.39 is 11.8 Å². The van der Waals surface area contributed by atoms with Crippen LogP contribution in [-0.4, -0.2) is 16.9 Å². The van der Waals surface area contributed by atoms with E-state index in [0.29, 0.717) is 17.9 Å². The predicted octanol–water partition coefficient (Wildman–Crippen LogP) is 3.08. The number of carbonyl (C=O) groups excluding carboxylic acids is 1. The normalized spacial score (nSPS) is 18.3. The number of esters is 1. The molecule has 1 N–H and O–H groups in total. The molecule has 1 aromatic rings. The van der Waals surface area contributed by atoms with Gasteiger partial charge >= 0.3 is 5.97 Å². The molecule has 0 heterocycles. The van der Waals surface area contributed by atoms with Crippen LogP contribution in [0.15, 0.2) is 24.3 Å². The first-order valence-corrected chi connectivity index (χ1v) is 6.64. The molecule has 1 aliphatic rings. The lowest BCUT2D eigenvalue weighted by Crippen LogP contribution is -2.37. The Balaban J connectivity index is 1.92. The van der Waals surface area contributed by atoms with Gasteiger partial charge in [-0.3, -0.25) is 4.79 Å². The molecule has 0 aliphatic heterocycles. The molecule has 1 fully saturated rings. The van der Waals surface area contributed by atoms with Crippen molar-refractivity contribution in [1.29, 1.82) is 0 Å². The molecule has 1 aliphatic carbocycles. The SMILES string of the molecule is O=C(Cc1cccc(Cl)c1)OC1(O)CCCCC1. The predicted molar refractivity (Wildman–Crippen MR) is 69.3 cm³/mol. The molecule has 0 bridgehead atoms. The van der Waals surface area contributed by atoms with Crippen LogP contribution in [0.5, 0.6) is 0 Å². The Bertz CT molecular complexity index is 425. The average molecular weight is 269 g/mol. The van der Waals surface area contributed by atoms with Crippen LogP contribution in [0, 0.1) is 0 Å². The van der Waals surface area contributed by atoms with Gasteiger partial charge in [-0.15, -0.1) is 0 Å². The fourth-order valence-electron chi connectivity index (χ4n) is 2.27. The van der Waals surface area contributed by atoms with E-state index >= 15 is 0 Å². The van der Waals surface area contributed by atoms with Gasteiger partial charge in [0, 0.05) is 17.9 Å². The first-order chi connectivity index (χ1) is 8.57. The van der Waals surface area contributed by atoms with Gasteiger partial charge in [-0.05, 0) is 30.5 Å². The Morgan fingerprint density at radius 1 is 1.33 bits per heavy atom. The molecule has 3 nitrogen and oxygen atoms in total. The fourth-order valence-corrected chi connectivity index (χ4v) is 2.48. The van der Waals surface area contributed by atoms with Crippen LogP contribution in [0.3, 0.4) is 0 Å². The Hall–Kier alpha value is -1.06. The van der Waals surface area contributed by atoms with Crippen LogP contribution in [0.1, 0.15) is 37.7 Å². The van der Waals surface area contributed by atoms with Gasteiger partial charge < -0.3 is 9.84 Å². The summed E-state index contributed by atoms with van der Waals surface area (Å²) in [5.41, 5.74) is 0.798.